The molecule has 0 aliphatic carbocycles. The number of anilines is 1. The first-order valence-electron chi connectivity index (χ1n) is 8.39. The predicted octanol–water partition coefficient (Wildman–Crippen LogP) is 2.71. The Balaban J connectivity index is 1.37. The summed E-state index contributed by atoms with van der Waals surface area (Å²) in [5.74, 6) is 0.249. The normalized spacial score (nSPS) is 12.4. The summed E-state index contributed by atoms with van der Waals surface area (Å²) in [6, 6.07) is 5.15. The fourth-order valence-electron chi connectivity index (χ4n) is 2.56. The Kier molecular flexibility index (Phi) is 5.01. The molecule has 1 aromatic carbocycles. The molecular weight excluding hydrogens is 400 g/mol. The third-order valence-corrected chi connectivity index (χ3v) is 5.63. The molecule has 0 saturated carbocycles. The van der Waals surface area contributed by atoms with E-state index in [2.05, 4.69) is 30.5 Å². The molecule has 4 rings (SSSR count). The number of hydrogen-bond donors (Lipinski definition) is 3. The third kappa shape index (κ3) is 4.15. The van der Waals surface area contributed by atoms with E-state index in [9.17, 15) is 9.59 Å². The van der Waals surface area contributed by atoms with Gasteiger partial charge in [0.05, 0.1) is 33.4 Å². The summed E-state index contributed by atoms with van der Waals surface area (Å²) in [5, 5.41) is 13.6. The fourth-order valence-corrected chi connectivity index (χ4v) is 3.87. The van der Waals surface area contributed by atoms with Gasteiger partial charge in [0.25, 0.3) is 5.22 Å². The molecule has 3 N–H and O–H groups in total. The van der Waals surface area contributed by atoms with Gasteiger partial charge < -0.3 is 19.7 Å². The highest BCUT2D eigenvalue weighted by Crippen LogP contribution is 2.24. The van der Waals surface area contributed by atoms with Gasteiger partial charge in [-0.3, -0.25) is 4.79 Å². The van der Waals surface area contributed by atoms with Gasteiger partial charge in [0.1, 0.15) is 0 Å². The van der Waals surface area contributed by atoms with Crippen molar-refractivity contribution in [3.8, 4) is 0 Å². The first-order chi connectivity index (χ1) is 13.5. The van der Waals surface area contributed by atoms with Crippen molar-refractivity contribution in [1.29, 1.82) is 0 Å². The summed E-state index contributed by atoms with van der Waals surface area (Å²) in [7, 11) is 0. The molecule has 0 bridgehead atoms. The molecule has 0 aliphatic rings. The largest absolute Gasteiger partial charge is 0.416 e. The number of carbonyl (C=O) groups excluding carboxylic acids is 1. The molecular formula is C17H16N6O3S2. The number of aromatic amines is 2. The number of aromatic nitrogens is 5. The zero-order valence-electron chi connectivity index (χ0n) is 15.0. The van der Waals surface area contributed by atoms with Crippen molar-refractivity contribution in [2.24, 2.45) is 0 Å². The Labute approximate surface area is 167 Å². The fraction of sp³-hybridized carbons (Fsp3) is 0.235. The maximum Gasteiger partial charge on any atom is 0.323 e. The van der Waals surface area contributed by atoms with Gasteiger partial charge in [-0.2, -0.15) is 0 Å². The molecule has 3 aromatic heterocycles. The first-order valence-corrected chi connectivity index (χ1v) is 10.1. The average molecular weight is 416 g/mol. The minimum absolute atomic E-state index is 0.211. The molecule has 0 radical (unpaired) electrons. The molecule has 0 spiro atoms. The average Bonchev–Trinajstić information content (AvgIpc) is 3.35. The molecule has 0 fully saturated rings. The Morgan fingerprint density at radius 2 is 2.14 bits per heavy atom. The molecule has 3 heterocycles. The van der Waals surface area contributed by atoms with E-state index in [0.717, 1.165) is 10.7 Å². The van der Waals surface area contributed by atoms with E-state index in [-0.39, 0.29) is 11.6 Å². The van der Waals surface area contributed by atoms with Crippen molar-refractivity contribution in [2.45, 2.75) is 30.7 Å². The minimum atomic E-state index is -0.448. The van der Waals surface area contributed by atoms with Crippen LogP contribution in [0.4, 0.5) is 5.69 Å². The van der Waals surface area contributed by atoms with Gasteiger partial charge in [-0.25, -0.2) is 9.78 Å². The van der Waals surface area contributed by atoms with E-state index in [1.165, 1.54) is 11.8 Å². The number of benzene rings is 1. The highest BCUT2D eigenvalue weighted by atomic mass is 32.2. The second-order valence-corrected chi connectivity index (χ2v) is 8.44. The monoisotopic (exact) mass is 416 g/mol. The number of carbonyl (C=O) groups is 1. The molecule has 144 valence electrons. The van der Waals surface area contributed by atoms with Crippen LogP contribution in [0.3, 0.4) is 0 Å². The lowest BCUT2D eigenvalue weighted by atomic mass is 10.2. The topological polar surface area (TPSA) is 130 Å². The van der Waals surface area contributed by atoms with Crippen LogP contribution in [0.25, 0.3) is 11.0 Å². The minimum Gasteiger partial charge on any atom is -0.416 e. The predicted molar refractivity (Wildman–Crippen MR) is 107 cm³/mol. The van der Waals surface area contributed by atoms with Crippen LogP contribution in [0.1, 0.15) is 23.5 Å². The lowest BCUT2D eigenvalue weighted by molar-refractivity contribution is -0.115. The number of hydrogen-bond acceptors (Lipinski definition) is 8. The smallest absolute Gasteiger partial charge is 0.323 e. The highest BCUT2D eigenvalue weighted by Gasteiger charge is 2.19. The van der Waals surface area contributed by atoms with Gasteiger partial charge in [0.15, 0.2) is 0 Å². The summed E-state index contributed by atoms with van der Waals surface area (Å²) in [4.78, 5) is 33.5. The number of nitrogens with zero attached hydrogens (tertiary/aromatic N) is 3. The molecule has 9 nitrogen and oxygen atoms in total. The number of rotatable bonds is 6. The Hall–Kier alpha value is -2.92. The van der Waals surface area contributed by atoms with Crippen molar-refractivity contribution < 1.29 is 9.21 Å². The molecule has 1 atom stereocenters. The number of imidazole rings is 1. The quantitative estimate of drug-likeness (QED) is 0.412. The van der Waals surface area contributed by atoms with Crippen LogP contribution in [0, 0.1) is 6.92 Å². The second kappa shape index (κ2) is 7.60. The number of amides is 1. The van der Waals surface area contributed by atoms with Gasteiger partial charge in [-0.05, 0) is 32.0 Å². The summed E-state index contributed by atoms with van der Waals surface area (Å²) in [6.45, 7) is 3.69. The van der Waals surface area contributed by atoms with E-state index in [1.54, 1.807) is 36.5 Å². The SMILES string of the molecule is Cc1nc(Cc2nnc(S[C@H](C)C(=O)Nc3ccc4[nH]c(=O)[nH]c4c3)o2)cs1. The van der Waals surface area contributed by atoms with Gasteiger partial charge >= 0.3 is 5.69 Å². The molecule has 4 aromatic rings. The lowest BCUT2D eigenvalue weighted by Gasteiger charge is -2.09. The van der Waals surface area contributed by atoms with Gasteiger partial charge in [-0.15, -0.1) is 21.5 Å². The van der Waals surface area contributed by atoms with Crippen LogP contribution in [-0.4, -0.2) is 36.3 Å². The number of nitrogens with one attached hydrogen (secondary N) is 3. The molecule has 1 amide bonds. The summed E-state index contributed by atoms with van der Waals surface area (Å²) in [5.41, 5.74) is 2.49. The Morgan fingerprint density at radius 1 is 1.32 bits per heavy atom. The van der Waals surface area contributed by atoms with Crippen LogP contribution in [0.5, 0.6) is 0 Å². The molecule has 0 saturated heterocycles. The first kappa shape index (κ1) is 18.4. The number of thiazole rings is 1. The van der Waals surface area contributed by atoms with E-state index in [0.29, 0.717) is 34.3 Å². The zero-order chi connectivity index (χ0) is 19.7. The van der Waals surface area contributed by atoms with Crippen molar-refractivity contribution in [3.05, 3.63) is 50.7 Å². The van der Waals surface area contributed by atoms with Gasteiger partial charge in [-0.1, -0.05) is 11.8 Å². The molecule has 28 heavy (non-hydrogen) atoms. The summed E-state index contributed by atoms with van der Waals surface area (Å²) in [6.07, 6.45) is 0.466. The van der Waals surface area contributed by atoms with Crippen molar-refractivity contribution in [1.82, 2.24) is 25.1 Å². The third-order valence-electron chi connectivity index (χ3n) is 3.88. The number of H-pyrrole nitrogens is 2. The van der Waals surface area contributed by atoms with Gasteiger partial charge in [0.2, 0.25) is 11.8 Å². The summed E-state index contributed by atoms with van der Waals surface area (Å²) < 4.78 is 5.61. The van der Waals surface area contributed by atoms with Crippen molar-refractivity contribution in [2.75, 3.05) is 5.32 Å². The number of thioether (sulfide) groups is 1. The van der Waals surface area contributed by atoms with Crippen molar-refractivity contribution in [3.63, 3.8) is 0 Å². The van der Waals surface area contributed by atoms with E-state index in [1.807, 2.05) is 12.3 Å². The molecule has 0 unspecified atom stereocenters. The maximum atomic E-state index is 12.4. The van der Waals surface area contributed by atoms with Crippen molar-refractivity contribution >= 4 is 45.7 Å². The summed E-state index contributed by atoms with van der Waals surface area (Å²) >= 11 is 2.75. The van der Waals surface area contributed by atoms with Gasteiger partial charge in [0, 0.05) is 11.1 Å². The molecule has 11 heteroatoms. The van der Waals surface area contributed by atoms with Crippen LogP contribution in [0.15, 0.2) is 38.0 Å². The lowest BCUT2D eigenvalue weighted by Crippen LogP contribution is -2.22. The van der Waals surface area contributed by atoms with Crippen LogP contribution in [0.2, 0.25) is 0 Å². The van der Waals surface area contributed by atoms with Crippen LogP contribution in [-0.2, 0) is 11.2 Å². The van der Waals surface area contributed by atoms with Crippen LogP contribution >= 0.6 is 23.1 Å². The maximum absolute atomic E-state index is 12.4. The Bertz CT molecular complexity index is 1190. The standard InChI is InChI=1S/C17H16N6O3S2/c1-8(15(24)19-10-3-4-12-13(5-10)21-16(25)20-12)28-17-23-22-14(26-17)6-11-7-27-9(2)18-11/h3-5,7-8H,6H2,1-2H3,(H,19,24)(H2,20,21,25)/t8-/m1/s1. The van der Waals surface area contributed by atoms with E-state index in [4.69, 9.17) is 4.42 Å². The molecule has 0 aliphatic heterocycles. The Morgan fingerprint density at radius 3 is 2.93 bits per heavy atom. The second-order valence-electron chi connectivity index (χ2n) is 6.09. The van der Waals surface area contributed by atoms with E-state index < -0.39 is 5.25 Å². The number of fused-ring (bicyclic) bond motifs is 1. The van der Waals surface area contributed by atoms with E-state index >= 15 is 0 Å². The zero-order valence-corrected chi connectivity index (χ0v) is 16.6. The number of aryl methyl sites for hydroxylation is 1. The highest BCUT2D eigenvalue weighted by molar-refractivity contribution is 8.00. The van der Waals surface area contributed by atoms with Crippen LogP contribution < -0.4 is 11.0 Å².